The molecule has 0 radical (unpaired) electrons. The van der Waals surface area contributed by atoms with Gasteiger partial charge in [-0.25, -0.2) is 4.98 Å². The molecule has 1 aromatic heterocycles. The second-order valence-electron chi connectivity index (χ2n) is 11.4. The maximum Gasteiger partial charge on any atom is 0.310 e. The summed E-state index contributed by atoms with van der Waals surface area (Å²) in [5.74, 6) is 0.469. The van der Waals surface area contributed by atoms with Crippen molar-refractivity contribution in [3.63, 3.8) is 0 Å². The van der Waals surface area contributed by atoms with Crippen LogP contribution >= 0.6 is 11.3 Å². The molecule has 39 heavy (non-hydrogen) atoms. The second-order valence-corrected chi connectivity index (χ2v) is 12.2. The molecule has 7 nitrogen and oxygen atoms in total. The van der Waals surface area contributed by atoms with E-state index >= 15 is 0 Å². The monoisotopic (exact) mass is 545 g/mol. The smallest absolute Gasteiger partial charge is 0.310 e. The number of benzene rings is 2. The van der Waals surface area contributed by atoms with E-state index in [0.717, 1.165) is 89.8 Å². The Morgan fingerprint density at radius 2 is 1.92 bits per heavy atom. The number of piperidine rings is 2. The van der Waals surface area contributed by atoms with Crippen LogP contribution in [0.3, 0.4) is 0 Å². The van der Waals surface area contributed by atoms with Crippen molar-refractivity contribution in [2.24, 2.45) is 11.3 Å². The fourth-order valence-corrected chi connectivity index (χ4v) is 6.95. The van der Waals surface area contributed by atoms with Crippen molar-refractivity contribution in [3.05, 3.63) is 64.0 Å². The van der Waals surface area contributed by atoms with Gasteiger partial charge >= 0.3 is 5.97 Å². The molecule has 8 heteroatoms. The molecule has 1 aliphatic carbocycles. The van der Waals surface area contributed by atoms with Crippen LogP contribution in [0.1, 0.15) is 59.2 Å². The highest BCUT2D eigenvalue weighted by atomic mass is 32.1. The van der Waals surface area contributed by atoms with Crippen molar-refractivity contribution < 1.29 is 19.4 Å². The topological polar surface area (TPSA) is 83.0 Å². The van der Waals surface area contributed by atoms with Gasteiger partial charge in [0.2, 0.25) is 0 Å². The molecule has 2 saturated heterocycles. The molecule has 2 aromatic carbocycles. The van der Waals surface area contributed by atoms with E-state index in [1.807, 2.05) is 42.2 Å². The van der Waals surface area contributed by atoms with Gasteiger partial charge in [0, 0.05) is 42.7 Å². The summed E-state index contributed by atoms with van der Waals surface area (Å²) >= 11 is 1.60. The Morgan fingerprint density at radius 1 is 1.10 bits per heavy atom. The van der Waals surface area contributed by atoms with Crippen LogP contribution in [0.2, 0.25) is 0 Å². The SMILES string of the molecule is Cc1ccc(OCc2ccc(C(=O)N3CCCCC3)cc2C)c(-c2csc(N3CC[C@@]4(C(=O)O)C[C@H]4C3)n2)c1. The first-order chi connectivity index (χ1) is 18.8. The zero-order chi connectivity index (χ0) is 27.1. The highest BCUT2D eigenvalue weighted by Crippen LogP contribution is 2.58. The number of hydrogen-bond donors (Lipinski definition) is 1. The number of aryl methyl sites for hydroxylation is 2. The van der Waals surface area contributed by atoms with Gasteiger partial charge in [-0.3, -0.25) is 9.59 Å². The van der Waals surface area contributed by atoms with E-state index in [2.05, 4.69) is 23.3 Å². The van der Waals surface area contributed by atoms with Crippen molar-refractivity contribution >= 4 is 28.3 Å². The van der Waals surface area contributed by atoms with Crippen LogP contribution in [0.25, 0.3) is 11.3 Å². The third-order valence-electron chi connectivity index (χ3n) is 8.72. The maximum atomic E-state index is 12.9. The van der Waals surface area contributed by atoms with Gasteiger partial charge in [-0.1, -0.05) is 17.7 Å². The number of rotatable bonds is 7. The van der Waals surface area contributed by atoms with E-state index in [1.165, 1.54) is 6.42 Å². The van der Waals surface area contributed by atoms with E-state index in [-0.39, 0.29) is 11.8 Å². The van der Waals surface area contributed by atoms with Crippen molar-refractivity contribution in [2.45, 2.75) is 52.6 Å². The summed E-state index contributed by atoms with van der Waals surface area (Å²) in [6.07, 6.45) is 4.83. The molecule has 1 saturated carbocycles. The Balaban J connectivity index is 1.15. The third kappa shape index (κ3) is 5.02. The zero-order valence-corrected chi connectivity index (χ0v) is 23.4. The van der Waals surface area contributed by atoms with Gasteiger partial charge in [-0.05, 0) is 87.3 Å². The number of thiazole rings is 1. The lowest BCUT2D eigenvalue weighted by atomic mass is 9.96. The molecule has 0 spiro atoms. The number of likely N-dealkylation sites (tertiary alicyclic amines) is 1. The van der Waals surface area contributed by atoms with Crippen LogP contribution < -0.4 is 9.64 Å². The first-order valence-corrected chi connectivity index (χ1v) is 14.8. The summed E-state index contributed by atoms with van der Waals surface area (Å²) in [5, 5.41) is 12.6. The number of fused-ring (bicyclic) bond motifs is 1. The van der Waals surface area contributed by atoms with E-state index in [9.17, 15) is 14.7 Å². The molecule has 0 bridgehead atoms. The summed E-state index contributed by atoms with van der Waals surface area (Å²) in [5.41, 5.74) is 5.31. The van der Waals surface area contributed by atoms with Gasteiger partial charge in [0.05, 0.1) is 11.1 Å². The van der Waals surface area contributed by atoms with E-state index in [1.54, 1.807) is 11.3 Å². The number of hydrogen-bond acceptors (Lipinski definition) is 6. The minimum Gasteiger partial charge on any atom is -0.488 e. The summed E-state index contributed by atoms with van der Waals surface area (Å²) in [7, 11) is 0. The molecular weight excluding hydrogens is 510 g/mol. The van der Waals surface area contributed by atoms with Gasteiger partial charge in [0.25, 0.3) is 5.91 Å². The average Bonchev–Trinajstić information content (AvgIpc) is 3.50. The van der Waals surface area contributed by atoms with Crippen LogP contribution in [0, 0.1) is 25.2 Å². The maximum absolute atomic E-state index is 12.9. The minimum absolute atomic E-state index is 0.120. The molecule has 2 aliphatic heterocycles. The summed E-state index contributed by atoms with van der Waals surface area (Å²) in [6.45, 7) is 7.67. The molecule has 2 atom stereocenters. The number of amides is 1. The van der Waals surface area contributed by atoms with Gasteiger partial charge in [0.1, 0.15) is 12.4 Å². The quantitative estimate of drug-likeness (QED) is 0.396. The molecular formula is C31H35N3O4S. The van der Waals surface area contributed by atoms with Crippen molar-refractivity contribution in [2.75, 3.05) is 31.1 Å². The number of carbonyl (C=O) groups excluding carboxylic acids is 1. The third-order valence-corrected chi connectivity index (χ3v) is 9.62. The van der Waals surface area contributed by atoms with Crippen molar-refractivity contribution in [1.82, 2.24) is 9.88 Å². The molecule has 3 aliphatic rings. The number of nitrogens with zero attached hydrogens (tertiary/aromatic N) is 3. The fourth-order valence-electron chi connectivity index (χ4n) is 6.09. The first-order valence-electron chi connectivity index (χ1n) is 13.9. The predicted molar refractivity (Wildman–Crippen MR) is 153 cm³/mol. The number of ether oxygens (including phenoxy) is 1. The Bertz CT molecular complexity index is 1410. The van der Waals surface area contributed by atoms with E-state index in [0.29, 0.717) is 13.0 Å². The zero-order valence-electron chi connectivity index (χ0n) is 22.6. The minimum atomic E-state index is -0.646. The lowest BCUT2D eigenvalue weighted by molar-refractivity contribution is -0.144. The number of carboxylic acid groups (broad SMARTS) is 1. The number of aromatic nitrogens is 1. The number of carbonyl (C=O) groups is 2. The Labute approximate surface area is 233 Å². The normalized spacial score (nSPS) is 22.4. The van der Waals surface area contributed by atoms with Crippen LogP contribution in [-0.4, -0.2) is 53.0 Å². The molecule has 6 rings (SSSR count). The molecule has 3 heterocycles. The Hall–Kier alpha value is -3.39. The second kappa shape index (κ2) is 10.3. The van der Waals surface area contributed by atoms with Crippen molar-refractivity contribution in [1.29, 1.82) is 0 Å². The van der Waals surface area contributed by atoms with Gasteiger partial charge in [0.15, 0.2) is 5.13 Å². The largest absolute Gasteiger partial charge is 0.488 e. The van der Waals surface area contributed by atoms with Crippen molar-refractivity contribution in [3.8, 4) is 17.0 Å². The Kier molecular flexibility index (Phi) is 6.83. The highest BCUT2D eigenvalue weighted by Gasteiger charge is 2.62. The molecule has 1 N–H and O–H groups in total. The van der Waals surface area contributed by atoms with Gasteiger partial charge < -0.3 is 19.6 Å². The summed E-state index contributed by atoms with van der Waals surface area (Å²) in [6, 6.07) is 12.1. The number of anilines is 1. The van der Waals surface area contributed by atoms with E-state index < -0.39 is 11.4 Å². The Morgan fingerprint density at radius 3 is 2.67 bits per heavy atom. The molecule has 1 amide bonds. The predicted octanol–water partition coefficient (Wildman–Crippen LogP) is 5.93. The lowest BCUT2D eigenvalue weighted by Crippen LogP contribution is -2.37. The summed E-state index contributed by atoms with van der Waals surface area (Å²) < 4.78 is 6.34. The van der Waals surface area contributed by atoms with Gasteiger partial charge in [-0.15, -0.1) is 11.3 Å². The van der Waals surface area contributed by atoms with Crippen LogP contribution in [0.15, 0.2) is 41.8 Å². The standard InChI is InChI=1S/C31H35N3O4S/c1-20-6-9-27(38-18-23-8-7-22(15-21(23)2)28(35)33-11-4-3-5-12-33)25(14-20)26-19-39-30(32-26)34-13-10-31(29(36)37)16-24(31)17-34/h6-9,14-15,19,24H,3-5,10-13,16-18H2,1-2H3,(H,36,37)/t24-,31+/m0/s1. The van der Waals surface area contributed by atoms with E-state index in [4.69, 9.17) is 9.72 Å². The van der Waals surface area contributed by atoms with Crippen LogP contribution in [0.5, 0.6) is 5.75 Å². The van der Waals surface area contributed by atoms with Crippen LogP contribution in [-0.2, 0) is 11.4 Å². The molecule has 204 valence electrons. The van der Waals surface area contributed by atoms with Crippen LogP contribution in [0.4, 0.5) is 5.13 Å². The average molecular weight is 546 g/mol. The summed E-state index contributed by atoms with van der Waals surface area (Å²) in [4.78, 5) is 33.7. The number of aliphatic carboxylic acids is 1. The number of carboxylic acids is 1. The molecule has 3 aromatic rings. The highest BCUT2D eigenvalue weighted by molar-refractivity contribution is 7.14. The lowest BCUT2D eigenvalue weighted by Gasteiger charge is -2.29. The fraction of sp³-hybridized carbons (Fsp3) is 0.452. The molecule has 3 fully saturated rings. The molecule has 0 unspecified atom stereocenters. The van der Waals surface area contributed by atoms with Gasteiger partial charge in [-0.2, -0.15) is 0 Å². The first kappa shape index (κ1) is 25.9.